The van der Waals surface area contributed by atoms with Crippen molar-refractivity contribution >= 4 is 23.7 Å². The topological polar surface area (TPSA) is 99.3 Å². The molecular weight excluding hydrogens is 320 g/mol. The first kappa shape index (κ1) is 15.0. The van der Waals surface area contributed by atoms with Gasteiger partial charge >= 0.3 is 5.69 Å². The van der Waals surface area contributed by atoms with Crippen LogP contribution in [0.15, 0.2) is 46.0 Å². The molecule has 9 heteroatoms. The highest BCUT2D eigenvalue weighted by Crippen LogP contribution is 2.30. The Labute approximate surface area is 135 Å². The highest BCUT2D eigenvalue weighted by Gasteiger charge is 2.23. The molecule has 118 valence electrons. The van der Waals surface area contributed by atoms with Gasteiger partial charge in [0.05, 0.1) is 29.3 Å². The second kappa shape index (κ2) is 6.05. The quantitative estimate of drug-likeness (QED) is 0.433. The maximum absolute atomic E-state index is 11.4. The molecule has 3 aromatic rings. The van der Waals surface area contributed by atoms with Gasteiger partial charge in [0.15, 0.2) is 5.82 Å². The van der Waals surface area contributed by atoms with E-state index in [0.29, 0.717) is 17.9 Å². The van der Waals surface area contributed by atoms with E-state index in [1.165, 1.54) is 18.8 Å². The zero-order valence-corrected chi connectivity index (χ0v) is 12.9. The largest absolute Gasteiger partial charge is 0.472 e. The van der Waals surface area contributed by atoms with E-state index in [2.05, 4.69) is 10.3 Å². The van der Waals surface area contributed by atoms with Gasteiger partial charge in [-0.3, -0.25) is 10.1 Å². The second-order valence-electron chi connectivity index (χ2n) is 4.75. The predicted molar refractivity (Wildman–Crippen MR) is 84.4 cm³/mol. The summed E-state index contributed by atoms with van der Waals surface area (Å²) in [4.78, 5) is 15.0. The monoisotopic (exact) mass is 332 g/mol. The van der Waals surface area contributed by atoms with Crippen molar-refractivity contribution in [2.24, 2.45) is 7.05 Å². The van der Waals surface area contributed by atoms with Gasteiger partial charge in [0.2, 0.25) is 4.64 Å². The predicted octanol–water partition coefficient (Wildman–Crippen LogP) is 3.52. The summed E-state index contributed by atoms with van der Waals surface area (Å²) in [5.41, 5.74) is 1.30. The summed E-state index contributed by atoms with van der Waals surface area (Å²) >= 11 is 5.10. The van der Waals surface area contributed by atoms with Crippen LogP contribution in [0.5, 0.6) is 0 Å². The third-order valence-electron chi connectivity index (χ3n) is 3.29. The Bertz CT molecular complexity index is 884. The van der Waals surface area contributed by atoms with Crippen LogP contribution in [0, 0.1) is 14.8 Å². The molecule has 0 aromatic carbocycles. The van der Waals surface area contributed by atoms with Crippen LogP contribution in [0.25, 0.3) is 11.4 Å². The lowest BCUT2D eigenvalue weighted by Crippen LogP contribution is -2.13. The summed E-state index contributed by atoms with van der Waals surface area (Å²) in [6.45, 7) is 0.356. The van der Waals surface area contributed by atoms with E-state index in [1.807, 2.05) is 0 Å². The van der Waals surface area contributed by atoms with Crippen LogP contribution < -0.4 is 5.32 Å². The van der Waals surface area contributed by atoms with Crippen molar-refractivity contribution in [1.82, 2.24) is 9.55 Å². The molecule has 23 heavy (non-hydrogen) atoms. The maximum Gasteiger partial charge on any atom is 0.345 e. The van der Waals surface area contributed by atoms with E-state index >= 15 is 0 Å². The number of nitrogens with zero attached hydrogens (tertiary/aromatic N) is 3. The number of nitrogens with one attached hydrogen (secondary N) is 1. The number of nitro groups is 1. The van der Waals surface area contributed by atoms with Gasteiger partial charge in [-0.15, -0.1) is 0 Å². The fourth-order valence-corrected chi connectivity index (χ4v) is 2.44. The molecule has 8 nitrogen and oxygen atoms in total. The highest BCUT2D eigenvalue weighted by atomic mass is 32.1. The number of anilines is 1. The zero-order valence-electron chi connectivity index (χ0n) is 12.1. The molecule has 0 amide bonds. The standard InChI is InChI=1S/C14H12N4O4S/c1-17-12(10-3-5-22-8-10)16-14(23)11(18(19)20)13(17)15-6-9-2-4-21-7-9/h2-5,7-8,15H,6H2,1H3. The molecule has 0 spiro atoms. The van der Waals surface area contributed by atoms with Crippen molar-refractivity contribution in [2.45, 2.75) is 6.54 Å². The number of hydrogen-bond donors (Lipinski definition) is 1. The van der Waals surface area contributed by atoms with Gasteiger partial charge in [-0.2, -0.15) is 0 Å². The molecule has 0 bridgehead atoms. The Morgan fingerprint density at radius 1 is 1.35 bits per heavy atom. The normalized spacial score (nSPS) is 10.7. The van der Waals surface area contributed by atoms with Crippen LogP contribution in [0.1, 0.15) is 5.56 Å². The number of rotatable bonds is 5. The molecule has 0 saturated carbocycles. The summed E-state index contributed by atoms with van der Waals surface area (Å²) in [5, 5.41) is 14.4. The molecule has 0 fully saturated rings. The fraction of sp³-hybridized carbons (Fsp3) is 0.143. The minimum absolute atomic E-state index is 0.0843. The van der Waals surface area contributed by atoms with Crippen molar-refractivity contribution in [3.63, 3.8) is 0 Å². The summed E-state index contributed by atoms with van der Waals surface area (Å²) in [7, 11) is 1.68. The summed E-state index contributed by atoms with van der Waals surface area (Å²) in [5.74, 6) is 0.747. The average Bonchev–Trinajstić information content (AvgIpc) is 3.20. The smallest absolute Gasteiger partial charge is 0.345 e. The SMILES string of the molecule is Cn1c(-c2ccoc2)nc(=S)c([N+](=O)[O-])c1NCc1ccoc1. The summed E-state index contributed by atoms with van der Waals surface area (Å²) in [6.07, 6.45) is 6.10. The van der Waals surface area contributed by atoms with Gasteiger partial charge < -0.3 is 18.7 Å². The lowest BCUT2D eigenvalue weighted by atomic mass is 10.3. The second-order valence-corrected chi connectivity index (χ2v) is 5.14. The molecule has 3 rings (SSSR count). The Kier molecular flexibility index (Phi) is 3.94. The lowest BCUT2D eigenvalue weighted by Gasteiger charge is -2.14. The molecule has 3 aromatic heterocycles. The Hall–Kier alpha value is -2.94. The van der Waals surface area contributed by atoms with Crippen LogP contribution >= 0.6 is 12.2 Å². The molecule has 0 saturated heterocycles. The average molecular weight is 332 g/mol. The molecular formula is C14H12N4O4S. The highest BCUT2D eigenvalue weighted by molar-refractivity contribution is 7.71. The van der Waals surface area contributed by atoms with E-state index in [9.17, 15) is 10.1 Å². The van der Waals surface area contributed by atoms with E-state index in [-0.39, 0.29) is 16.1 Å². The first-order valence-corrected chi connectivity index (χ1v) is 7.01. The van der Waals surface area contributed by atoms with Crippen molar-refractivity contribution in [3.05, 3.63) is 57.5 Å². The third-order valence-corrected chi connectivity index (χ3v) is 3.57. The Morgan fingerprint density at radius 2 is 2.09 bits per heavy atom. The first-order valence-electron chi connectivity index (χ1n) is 6.61. The van der Waals surface area contributed by atoms with E-state index < -0.39 is 4.92 Å². The van der Waals surface area contributed by atoms with Gasteiger partial charge in [-0.25, -0.2) is 4.98 Å². The molecule has 0 unspecified atom stereocenters. The van der Waals surface area contributed by atoms with Gasteiger partial charge in [-0.1, -0.05) is 12.2 Å². The minimum Gasteiger partial charge on any atom is -0.472 e. The van der Waals surface area contributed by atoms with Crippen molar-refractivity contribution < 1.29 is 13.8 Å². The molecule has 0 aliphatic carbocycles. The number of furan rings is 2. The summed E-state index contributed by atoms with van der Waals surface area (Å²) in [6, 6.07) is 3.48. The van der Waals surface area contributed by atoms with E-state index in [0.717, 1.165) is 5.56 Å². The molecule has 0 aliphatic rings. The van der Waals surface area contributed by atoms with Crippen LogP contribution in [-0.2, 0) is 13.6 Å². The van der Waals surface area contributed by atoms with Crippen LogP contribution in [0.4, 0.5) is 11.5 Å². The molecule has 1 N–H and O–H groups in total. The van der Waals surface area contributed by atoms with Crippen molar-refractivity contribution in [2.75, 3.05) is 5.32 Å². The van der Waals surface area contributed by atoms with Crippen molar-refractivity contribution in [1.29, 1.82) is 0 Å². The maximum atomic E-state index is 11.4. The van der Waals surface area contributed by atoms with E-state index in [1.54, 1.807) is 30.0 Å². The van der Waals surface area contributed by atoms with Gasteiger partial charge in [-0.05, 0) is 12.1 Å². The fourth-order valence-electron chi connectivity index (χ4n) is 2.19. The molecule has 3 heterocycles. The Balaban J connectivity index is 2.10. The Morgan fingerprint density at radius 3 is 2.70 bits per heavy atom. The molecule has 0 radical (unpaired) electrons. The molecule has 0 aliphatic heterocycles. The number of aromatic nitrogens is 2. The third kappa shape index (κ3) is 2.86. The van der Waals surface area contributed by atoms with Gasteiger partial charge in [0.25, 0.3) is 0 Å². The summed E-state index contributed by atoms with van der Waals surface area (Å²) < 4.78 is 11.5. The van der Waals surface area contributed by atoms with Crippen LogP contribution in [0.2, 0.25) is 0 Å². The van der Waals surface area contributed by atoms with Crippen LogP contribution in [-0.4, -0.2) is 14.5 Å². The minimum atomic E-state index is -0.536. The zero-order chi connectivity index (χ0) is 16.4. The molecule has 0 atom stereocenters. The number of hydrogen-bond acceptors (Lipinski definition) is 7. The van der Waals surface area contributed by atoms with Crippen LogP contribution in [0.3, 0.4) is 0 Å². The lowest BCUT2D eigenvalue weighted by molar-refractivity contribution is -0.385. The van der Waals surface area contributed by atoms with E-state index in [4.69, 9.17) is 21.1 Å². The van der Waals surface area contributed by atoms with Gasteiger partial charge in [0.1, 0.15) is 12.1 Å². The van der Waals surface area contributed by atoms with Crippen molar-refractivity contribution in [3.8, 4) is 11.4 Å². The van der Waals surface area contributed by atoms with Gasteiger partial charge in [0, 0.05) is 19.2 Å². The first-order chi connectivity index (χ1) is 11.1.